The minimum absolute atomic E-state index is 0.822. The number of hydrogen-bond acceptors (Lipinski definition) is 3. The van der Waals surface area contributed by atoms with Crippen LogP contribution < -0.4 is 4.72 Å². The van der Waals surface area contributed by atoms with Crippen LogP contribution in [0.5, 0.6) is 0 Å². The van der Waals surface area contributed by atoms with Crippen molar-refractivity contribution in [3.8, 4) is 0 Å². The summed E-state index contributed by atoms with van der Waals surface area (Å²) in [5.74, 6) is 0. The second kappa shape index (κ2) is 2.44. The second-order valence-electron chi connectivity index (χ2n) is 0.674. The Morgan fingerprint density at radius 1 is 1.71 bits per heavy atom. The van der Waals surface area contributed by atoms with Crippen molar-refractivity contribution in [1.29, 1.82) is 0 Å². The van der Waals surface area contributed by atoms with E-state index in [1.165, 1.54) is 0 Å². The summed E-state index contributed by atoms with van der Waals surface area (Å²) in [6.45, 7) is 0. The molecule has 0 aliphatic rings. The third-order valence-corrected chi connectivity index (χ3v) is 1.12. The zero-order chi connectivity index (χ0) is 5.91. The molecule has 0 saturated carbocycles. The van der Waals surface area contributed by atoms with Crippen LogP contribution in [-0.4, -0.2) is 13.9 Å². The van der Waals surface area contributed by atoms with Gasteiger partial charge in [-0.15, -0.1) is 0 Å². The molecule has 0 aliphatic heterocycles. The molecule has 7 heavy (non-hydrogen) atoms. The highest BCUT2D eigenvalue weighted by Gasteiger charge is 1.94. The standard InChI is InChI=1S/CH2ClNO2S2/c2-7(4,5)3-1-6/h1H,(H,3,6). The lowest BCUT2D eigenvalue weighted by Gasteiger charge is -1.84. The molecule has 0 heterocycles. The molecule has 3 nitrogen and oxygen atoms in total. The van der Waals surface area contributed by atoms with Gasteiger partial charge in [0.1, 0.15) is 0 Å². The third kappa shape index (κ3) is 6.13. The Hall–Kier alpha value is 0.130. The Morgan fingerprint density at radius 3 is 2.14 bits per heavy atom. The van der Waals surface area contributed by atoms with Crippen molar-refractivity contribution in [2.45, 2.75) is 0 Å². The fourth-order valence-corrected chi connectivity index (χ4v) is 0.845. The average molecular weight is 160 g/mol. The van der Waals surface area contributed by atoms with Crippen molar-refractivity contribution in [3.63, 3.8) is 0 Å². The summed E-state index contributed by atoms with van der Waals surface area (Å²) in [5, 5.41) is 0. The van der Waals surface area contributed by atoms with Crippen LogP contribution in [0.3, 0.4) is 0 Å². The van der Waals surface area contributed by atoms with Gasteiger partial charge in [0.2, 0.25) is 0 Å². The van der Waals surface area contributed by atoms with E-state index < -0.39 is 9.24 Å². The smallest absolute Gasteiger partial charge is 0.268 e. The summed E-state index contributed by atoms with van der Waals surface area (Å²) in [5.41, 5.74) is 0.822. The maximum atomic E-state index is 9.79. The lowest BCUT2D eigenvalue weighted by Crippen LogP contribution is -2.13. The van der Waals surface area contributed by atoms with E-state index in [1.54, 1.807) is 4.72 Å². The lowest BCUT2D eigenvalue weighted by atomic mass is 11.6. The maximum Gasteiger partial charge on any atom is 0.319 e. The van der Waals surface area contributed by atoms with Gasteiger partial charge in [-0.25, -0.2) is 0 Å². The van der Waals surface area contributed by atoms with Gasteiger partial charge < -0.3 is 0 Å². The highest BCUT2D eigenvalue weighted by Crippen LogP contribution is 1.84. The molecule has 6 heteroatoms. The highest BCUT2D eigenvalue weighted by molar-refractivity contribution is 8.12. The van der Waals surface area contributed by atoms with Crippen LogP contribution in [-0.2, 0) is 9.24 Å². The van der Waals surface area contributed by atoms with E-state index in [2.05, 4.69) is 22.9 Å². The molecule has 0 amide bonds. The average Bonchev–Trinajstić information content (AvgIpc) is 1.30. The molecule has 0 saturated heterocycles. The Balaban J connectivity index is 3.84. The van der Waals surface area contributed by atoms with Gasteiger partial charge in [0.05, 0.1) is 5.49 Å². The second-order valence-corrected chi connectivity index (χ2v) is 3.24. The van der Waals surface area contributed by atoms with E-state index in [0.717, 1.165) is 5.49 Å². The summed E-state index contributed by atoms with van der Waals surface area (Å²) < 4.78 is 21.3. The predicted octanol–water partition coefficient (Wildman–Crippen LogP) is 0.0168. The summed E-state index contributed by atoms with van der Waals surface area (Å²) in [6, 6.07) is 0. The Morgan fingerprint density at radius 2 is 2.14 bits per heavy atom. The summed E-state index contributed by atoms with van der Waals surface area (Å²) in [7, 11) is 0.985. The highest BCUT2D eigenvalue weighted by atomic mass is 35.7. The minimum Gasteiger partial charge on any atom is -0.268 e. The van der Waals surface area contributed by atoms with E-state index in [0.29, 0.717) is 0 Å². The fraction of sp³-hybridized carbons (Fsp3) is 0. The van der Waals surface area contributed by atoms with Crippen LogP contribution in [0.25, 0.3) is 0 Å². The van der Waals surface area contributed by atoms with Gasteiger partial charge in [0.25, 0.3) is 0 Å². The zero-order valence-electron chi connectivity index (χ0n) is 3.09. The van der Waals surface area contributed by atoms with Crippen LogP contribution in [0.1, 0.15) is 0 Å². The Bertz CT molecular complexity index is 149. The number of nitrogens with one attached hydrogen (secondary N) is 1. The minimum atomic E-state index is -3.61. The first-order valence-corrected chi connectivity index (χ1v) is 4.00. The topological polar surface area (TPSA) is 46.2 Å². The van der Waals surface area contributed by atoms with Gasteiger partial charge in [-0.3, -0.25) is 4.72 Å². The predicted molar refractivity (Wildman–Crippen MR) is 31.6 cm³/mol. The van der Waals surface area contributed by atoms with Gasteiger partial charge >= 0.3 is 9.24 Å². The van der Waals surface area contributed by atoms with E-state index in [1.807, 2.05) is 0 Å². The quantitative estimate of drug-likeness (QED) is 0.457. The first-order chi connectivity index (χ1) is 3.06. The van der Waals surface area contributed by atoms with E-state index in [9.17, 15) is 8.42 Å². The molecule has 0 fully saturated rings. The molecule has 0 unspecified atom stereocenters. The molecule has 0 radical (unpaired) electrons. The number of halogens is 1. The molecule has 0 aromatic heterocycles. The maximum absolute atomic E-state index is 9.79. The molecular formula is CH2ClNO2S2. The molecule has 0 spiro atoms. The van der Waals surface area contributed by atoms with Gasteiger partial charge in [-0.1, -0.05) is 12.2 Å². The van der Waals surface area contributed by atoms with Crippen LogP contribution in [0.2, 0.25) is 0 Å². The Labute approximate surface area is 51.2 Å². The molecular weight excluding hydrogens is 158 g/mol. The van der Waals surface area contributed by atoms with Crippen molar-refractivity contribution < 1.29 is 8.42 Å². The van der Waals surface area contributed by atoms with Gasteiger partial charge in [-0.05, 0) is 0 Å². The number of thiocarbonyl (C=S) groups is 1. The molecule has 0 aromatic carbocycles. The van der Waals surface area contributed by atoms with Crippen molar-refractivity contribution in [2.24, 2.45) is 0 Å². The van der Waals surface area contributed by atoms with Crippen molar-refractivity contribution in [2.75, 3.05) is 0 Å². The van der Waals surface area contributed by atoms with Crippen LogP contribution in [0.15, 0.2) is 0 Å². The number of rotatable bonds is 2. The lowest BCUT2D eigenvalue weighted by molar-refractivity contribution is 0.607. The molecule has 0 aliphatic carbocycles. The van der Waals surface area contributed by atoms with E-state index in [4.69, 9.17) is 0 Å². The van der Waals surface area contributed by atoms with Gasteiger partial charge in [-0.2, -0.15) is 8.42 Å². The van der Waals surface area contributed by atoms with Gasteiger partial charge in [0, 0.05) is 10.7 Å². The number of hydrogen-bond donors (Lipinski definition) is 1. The van der Waals surface area contributed by atoms with Crippen LogP contribution >= 0.6 is 22.9 Å². The summed E-state index contributed by atoms with van der Waals surface area (Å²) in [4.78, 5) is 0. The van der Waals surface area contributed by atoms with Crippen LogP contribution in [0, 0.1) is 0 Å². The molecule has 0 aromatic rings. The SMILES string of the molecule is O=S(=O)(Cl)NC=S. The van der Waals surface area contributed by atoms with E-state index in [-0.39, 0.29) is 0 Å². The third-order valence-electron chi connectivity index (χ3n) is 0.189. The molecule has 42 valence electrons. The molecule has 0 atom stereocenters. The van der Waals surface area contributed by atoms with Gasteiger partial charge in [0.15, 0.2) is 0 Å². The molecule has 1 N–H and O–H groups in total. The summed E-state index contributed by atoms with van der Waals surface area (Å²) >= 11 is 4.10. The fourth-order valence-electron chi connectivity index (χ4n) is 0.0575. The molecule has 0 rings (SSSR count). The largest absolute Gasteiger partial charge is 0.319 e. The Kier molecular flexibility index (Phi) is 2.49. The first kappa shape index (κ1) is 7.13. The monoisotopic (exact) mass is 159 g/mol. The van der Waals surface area contributed by atoms with Crippen molar-refractivity contribution in [1.82, 2.24) is 4.72 Å². The normalized spacial score (nSPS) is 10.4. The van der Waals surface area contributed by atoms with Crippen molar-refractivity contribution >= 4 is 37.6 Å². The van der Waals surface area contributed by atoms with Crippen molar-refractivity contribution in [3.05, 3.63) is 0 Å². The summed E-state index contributed by atoms with van der Waals surface area (Å²) in [6.07, 6.45) is 0. The molecule has 0 bridgehead atoms. The zero-order valence-corrected chi connectivity index (χ0v) is 5.48. The van der Waals surface area contributed by atoms with Crippen LogP contribution in [0.4, 0.5) is 0 Å². The first-order valence-electron chi connectivity index (χ1n) is 1.22. The van der Waals surface area contributed by atoms with E-state index >= 15 is 0 Å².